The van der Waals surface area contributed by atoms with E-state index in [1.54, 1.807) is 6.92 Å². The topological polar surface area (TPSA) is 103 Å². The van der Waals surface area contributed by atoms with E-state index in [-0.39, 0.29) is 29.6 Å². The Morgan fingerprint density at radius 2 is 1.82 bits per heavy atom. The molecule has 28 heavy (non-hydrogen) atoms. The van der Waals surface area contributed by atoms with Crippen LogP contribution < -0.4 is 11.1 Å². The SMILES string of the molecule is Cc1ccc(S[C@@H](C)C(=O)OCc2nc(N)nc(Nc3ccccc3)n2)cc1. The van der Waals surface area contributed by atoms with Crippen LogP contribution in [0.3, 0.4) is 0 Å². The molecule has 0 fully saturated rings. The Balaban J connectivity index is 1.58. The van der Waals surface area contributed by atoms with E-state index in [9.17, 15) is 4.79 Å². The molecule has 3 rings (SSSR count). The smallest absolute Gasteiger partial charge is 0.319 e. The summed E-state index contributed by atoms with van der Waals surface area (Å²) < 4.78 is 5.35. The average Bonchev–Trinajstić information content (AvgIpc) is 2.68. The highest BCUT2D eigenvalue weighted by Crippen LogP contribution is 2.24. The highest BCUT2D eigenvalue weighted by Gasteiger charge is 2.17. The molecule has 0 aliphatic heterocycles. The van der Waals surface area contributed by atoms with Crippen LogP contribution >= 0.6 is 11.8 Å². The van der Waals surface area contributed by atoms with Crippen LogP contribution in [0, 0.1) is 6.92 Å². The van der Waals surface area contributed by atoms with Gasteiger partial charge in [0.1, 0.15) is 5.25 Å². The Bertz CT molecular complexity index is 935. The summed E-state index contributed by atoms with van der Waals surface area (Å²) >= 11 is 1.44. The van der Waals surface area contributed by atoms with Crippen molar-refractivity contribution in [2.45, 2.75) is 30.6 Å². The molecule has 0 aliphatic rings. The monoisotopic (exact) mass is 395 g/mol. The molecule has 3 N–H and O–H groups in total. The fourth-order valence-corrected chi connectivity index (χ4v) is 3.20. The molecule has 1 atom stereocenters. The number of aromatic nitrogens is 3. The summed E-state index contributed by atoms with van der Waals surface area (Å²) in [5, 5.41) is 2.69. The summed E-state index contributed by atoms with van der Waals surface area (Å²) in [7, 11) is 0. The number of nitrogens with two attached hydrogens (primary N) is 1. The number of ether oxygens (including phenoxy) is 1. The first kappa shape index (κ1) is 19.6. The van der Waals surface area contributed by atoms with Crippen molar-refractivity contribution in [2.75, 3.05) is 11.1 Å². The molecule has 8 heteroatoms. The number of nitrogens with one attached hydrogen (secondary N) is 1. The second-order valence-corrected chi connectivity index (χ2v) is 7.52. The predicted molar refractivity (Wildman–Crippen MR) is 110 cm³/mol. The van der Waals surface area contributed by atoms with Gasteiger partial charge in [-0.05, 0) is 38.1 Å². The highest BCUT2D eigenvalue weighted by molar-refractivity contribution is 8.00. The molecule has 0 unspecified atom stereocenters. The second-order valence-electron chi connectivity index (χ2n) is 6.11. The van der Waals surface area contributed by atoms with Crippen LogP contribution in [0.2, 0.25) is 0 Å². The molecule has 0 aliphatic carbocycles. The van der Waals surface area contributed by atoms with Gasteiger partial charge >= 0.3 is 5.97 Å². The fraction of sp³-hybridized carbons (Fsp3) is 0.200. The molecule has 0 radical (unpaired) electrons. The number of para-hydroxylation sites is 1. The van der Waals surface area contributed by atoms with E-state index < -0.39 is 0 Å². The quantitative estimate of drug-likeness (QED) is 0.461. The Morgan fingerprint density at radius 3 is 2.54 bits per heavy atom. The Labute approximate surface area is 167 Å². The van der Waals surface area contributed by atoms with Gasteiger partial charge in [0.05, 0.1) is 0 Å². The van der Waals surface area contributed by atoms with Crippen molar-refractivity contribution in [1.29, 1.82) is 0 Å². The molecule has 3 aromatic rings. The van der Waals surface area contributed by atoms with Crippen molar-refractivity contribution in [2.24, 2.45) is 0 Å². The number of aryl methyl sites for hydroxylation is 1. The summed E-state index contributed by atoms with van der Waals surface area (Å²) in [5.74, 6) is 0.294. The number of hydrogen-bond acceptors (Lipinski definition) is 8. The van der Waals surface area contributed by atoms with Crippen LogP contribution in [-0.2, 0) is 16.1 Å². The minimum absolute atomic E-state index is 0.0570. The summed E-state index contributed by atoms with van der Waals surface area (Å²) in [5.41, 5.74) is 7.74. The van der Waals surface area contributed by atoms with Crippen LogP contribution in [0.4, 0.5) is 17.6 Å². The molecule has 1 aromatic heterocycles. The molecule has 1 heterocycles. The van der Waals surface area contributed by atoms with Gasteiger partial charge in [0, 0.05) is 10.6 Å². The van der Waals surface area contributed by atoms with Gasteiger partial charge in [0.25, 0.3) is 0 Å². The zero-order valence-electron chi connectivity index (χ0n) is 15.6. The van der Waals surface area contributed by atoms with Crippen molar-refractivity contribution in [3.8, 4) is 0 Å². The fourth-order valence-electron chi connectivity index (χ4n) is 2.33. The molecule has 2 aromatic carbocycles. The summed E-state index contributed by atoms with van der Waals surface area (Å²) in [4.78, 5) is 25.6. The van der Waals surface area contributed by atoms with Crippen molar-refractivity contribution in [1.82, 2.24) is 15.0 Å². The number of hydrogen-bond donors (Lipinski definition) is 2. The molecule has 0 bridgehead atoms. The van der Waals surface area contributed by atoms with Gasteiger partial charge in [-0.3, -0.25) is 4.79 Å². The molecule has 0 saturated heterocycles. The summed E-state index contributed by atoms with van der Waals surface area (Å²) in [6.07, 6.45) is 0. The molecule has 7 nitrogen and oxygen atoms in total. The second kappa shape index (κ2) is 9.18. The van der Waals surface area contributed by atoms with E-state index in [2.05, 4.69) is 20.3 Å². The van der Waals surface area contributed by atoms with Gasteiger partial charge in [-0.2, -0.15) is 15.0 Å². The maximum Gasteiger partial charge on any atom is 0.319 e. The number of anilines is 3. The number of benzene rings is 2. The van der Waals surface area contributed by atoms with Crippen LogP contribution in [0.25, 0.3) is 0 Å². The standard InChI is InChI=1S/C20H21N5O2S/c1-13-8-10-16(11-9-13)28-14(2)18(26)27-12-17-23-19(21)25-20(24-17)22-15-6-4-3-5-7-15/h3-11,14H,12H2,1-2H3,(H3,21,22,23,24,25)/t14-/m0/s1. The third kappa shape index (κ3) is 5.68. The number of carbonyl (C=O) groups excluding carboxylic acids is 1. The number of rotatable bonds is 7. The van der Waals surface area contributed by atoms with Crippen LogP contribution in [0.1, 0.15) is 18.3 Å². The number of carbonyl (C=O) groups is 1. The largest absolute Gasteiger partial charge is 0.457 e. The van der Waals surface area contributed by atoms with Crippen molar-refractivity contribution < 1.29 is 9.53 Å². The minimum atomic E-state index is -0.358. The van der Waals surface area contributed by atoms with Crippen LogP contribution in [-0.4, -0.2) is 26.2 Å². The van der Waals surface area contributed by atoms with Gasteiger partial charge in [0.15, 0.2) is 12.4 Å². The van der Waals surface area contributed by atoms with Crippen molar-refractivity contribution in [3.05, 3.63) is 66.0 Å². The number of thioether (sulfide) groups is 1. The molecular weight excluding hydrogens is 374 g/mol. The molecule has 0 amide bonds. The van der Waals surface area contributed by atoms with Gasteiger partial charge in [-0.15, -0.1) is 11.8 Å². The Hall–Kier alpha value is -3.13. The number of nitrogen functional groups attached to an aromatic ring is 1. The van der Waals surface area contributed by atoms with E-state index in [1.807, 2.05) is 61.5 Å². The normalized spacial score (nSPS) is 11.6. The molecule has 0 spiro atoms. The predicted octanol–water partition coefficient (Wildman–Crippen LogP) is 3.73. The summed E-state index contributed by atoms with van der Waals surface area (Å²) in [6, 6.07) is 17.4. The van der Waals surface area contributed by atoms with E-state index >= 15 is 0 Å². The Kier molecular flexibility index (Phi) is 6.44. The minimum Gasteiger partial charge on any atom is -0.457 e. The molecule has 0 saturated carbocycles. The molecule has 144 valence electrons. The van der Waals surface area contributed by atoms with Crippen molar-refractivity contribution >= 4 is 35.3 Å². The average molecular weight is 395 g/mol. The number of nitrogens with zero attached hydrogens (tertiary/aromatic N) is 3. The first-order valence-corrected chi connectivity index (χ1v) is 9.60. The third-order valence-electron chi connectivity index (χ3n) is 3.74. The lowest BCUT2D eigenvalue weighted by Gasteiger charge is -2.12. The molecular formula is C20H21N5O2S. The lowest BCUT2D eigenvalue weighted by Crippen LogP contribution is -2.18. The zero-order valence-corrected chi connectivity index (χ0v) is 16.4. The first-order valence-electron chi connectivity index (χ1n) is 8.72. The van der Waals surface area contributed by atoms with Crippen LogP contribution in [0.15, 0.2) is 59.5 Å². The lowest BCUT2D eigenvalue weighted by molar-refractivity contribution is -0.144. The maximum absolute atomic E-state index is 12.3. The zero-order chi connectivity index (χ0) is 19.9. The lowest BCUT2D eigenvalue weighted by atomic mass is 10.2. The van der Waals surface area contributed by atoms with Crippen molar-refractivity contribution in [3.63, 3.8) is 0 Å². The van der Waals surface area contributed by atoms with Gasteiger partial charge in [-0.25, -0.2) is 0 Å². The van der Waals surface area contributed by atoms with Crippen LogP contribution in [0.5, 0.6) is 0 Å². The van der Waals surface area contributed by atoms with E-state index in [0.717, 1.165) is 10.6 Å². The van der Waals surface area contributed by atoms with Gasteiger partial charge in [-0.1, -0.05) is 35.9 Å². The maximum atomic E-state index is 12.3. The first-order chi connectivity index (χ1) is 13.5. The third-order valence-corrected chi connectivity index (χ3v) is 4.83. The van der Waals surface area contributed by atoms with Gasteiger partial charge in [0.2, 0.25) is 11.9 Å². The van der Waals surface area contributed by atoms with E-state index in [4.69, 9.17) is 10.5 Å². The van der Waals surface area contributed by atoms with Gasteiger partial charge < -0.3 is 15.8 Å². The number of esters is 1. The Morgan fingerprint density at radius 1 is 1.11 bits per heavy atom. The summed E-state index contributed by atoms with van der Waals surface area (Å²) in [6.45, 7) is 3.75. The van der Waals surface area contributed by atoms with E-state index in [0.29, 0.717) is 5.95 Å². The van der Waals surface area contributed by atoms with E-state index in [1.165, 1.54) is 17.3 Å². The highest BCUT2D eigenvalue weighted by atomic mass is 32.2.